The zero-order valence-electron chi connectivity index (χ0n) is 11.6. The van der Waals surface area contributed by atoms with Crippen LogP contribution in [-0.4, -0.2) is 34.7 Å². The minimum Gasteiger partial charge on any atom is -0.350 e. The second-order valence-corrected chi connectivity index (χ2v) is 6.22. The van der Waals surface area contributed by atoms with Crippen LogP contribution in [0.3, 0.4) is 0 Å². The third kappa shape index (κ3) is 2.85. The molecule has 0 radical (unpaired) electrons. The molecule has 5 heteroatoms. The molecule has 19 heavy (non-hydrogen) atoms. The van der Waals surface area contributed by atoms with Crippen molar-refractivity contribution in [3.63, 3.8) is 0 Å². The van der Waals surface area contributed by atoms with Crippen molar-refractivity contribution in [1.82, 2.24) is 10.2 Å². The van der Waals surface area contributed by atoms with Crippen molar-refractivity contribution >= 4 is 17.7 Å². The Morgan fingerprint density at radius 3 is 2.11 bits per heavy atom. The van der Waals surface area contributed by atoms with Gasteiger partial charge in [0, 0.05) is 5.54 Å². The van der Waals surface area contributed by atoms with E-state index in [0.29, 0.717) is 12.8 Å². The summed E-state index contributed by atoms with van der Waals surface area (Å²) in [5, 5.41) is 2.77. The van der Waals surface area contributed by atoms with E-state index in [4.69, 9.17) is 0 Å². The third-order valence-corrected chi connectivity index (χ3v) is 3.41. The molecule has 0 aromatic heterocycles. The Balaban J connectivity index is 2.04. The highest BCUT2D eigenvalue weighted by atomic mass is 16.2. The van der Waals surface area contributed by atoms with Gasteiger partial charge in [-0.15, -0.1) is 0 Å². The topological polar surface area (TPSA) is 66.5 Å². The van der Waals surface area contributed by atoms with Crippen molar-refractivity contribution in [2.75, 3.05) is 6.54 Å². The molecule has 2 atom stereocenters. The van der Waals surface area contributed by atoms with Gasteiger partial charge in [0.25, 0.3) is 0 Å². The lowest BCUT2D eigenvalue weighted by Crippen LogP contribution is -2.47. The molecule has 5 nitrogen and oxygen atoms in total. The molecule has 1 saturated heterocycles. The van der Waals surface area contributed by atoms with E-state index < -0.39 is 0 Å². The molecular weight excluding hydrogens is 244 g/mol. The maximum atomic E-state index is 12.1. The number of likely N-dealkylation sites (tertiary alicyclic amines) is 1. The quantitative estimate of drug-likeness (QED) is 0.594. The molecule has 2 aliphatic rings. The number of rotatable bonds is 2. The zero-order valence-corrected chi connectivity index (χ0v) is 11.6. The highest BCUT2D eigenvalue weighted by molar-refractivity contribution is 6.07. The molecular formula is C14H20N2O3. The molecule has 0 bridgehead atoms. The van der Waals surface area contributed by atoms with E-state index in [0.717, 1.165) is 4.90 Å². The second kappa shape index (κ2) is 4.79. The lowest BCUT2D eigenvalue weighted by Gasteiger charge is -2.22. The number of allylic oxidation sites excluding steroid dienone is 2. The van der Waals surface area contributed by atoms with Gasteiger partial charge in [0.2, 0.25) is 17.7 Å². The molecule has 2 rings (SSSR count). The van der Waals surface area contributed by atoms with Crippen LogP contribution in [0.2, 0.25) is 0 Å². The van der Waals surface area contributed by atoms with Crippen LogP contribution in [0.15, 0.2) is 12.2 Å². The first-order chi connectivity index (χ1) is 8.79. The van der Waals surface area contributed by atoms with Gasteiger partial charge in [-0.3, -0.25) is 19.3 Å². The SMILES string of the molecule is CC(C)(C)NC(=O)CN1C(=O)[C@H]2CC=CC[C@H]2C1=O. The van der Waals surface area contributed by atoms with E-state index >= 15 is 0 Å². The van der Waals surface area contributed by atoms with E-state index in [9.17, 15) is 14.4 Å². The summed E-state index contributed by atoms with van der Waals surface area (Å²) >= 11 is 0. The summed E-state index contributed by atoms with van der Waals surface area (Å²) in [4.78, 5) is 37.2. The lowest BCUT2D eigenvalue weighted by molar-refractivity contribution is -0.144. The van der Waals surface area contributed by atoms with Gasteiger partial charge in [0.1, 0.15) is 6.54 Å². The Kier molecular flexibility index (Phi) is 3.47. The van der Waals surface area contributed by atoms with Crippen molar-refractivity contribution in [3.05, 3.63) is 12.2 Å². The van der Waals surface area contributed by atoms with E-state index in [2.05, 4.69) is 5.32 Å². The van der Waals surface area contributed by atoms with E-state index in [-0.39, 0.29) is 41.6 Å². The highest BCUT2D eigenvalue weighted by Gasteiger charge is 2.47. The number of nitrogens with zero attached hydrogens (tertiary/aromatic N) is 1. The first-order valence-electron chi connectivity index (χ1n) is 6.61. The number of fused-ring (bicyclic) bond motifs is 1. The average molecular weight is 264 g/mol. The van der Waals surface area contributed by atoms with Gasteiger partial charge in [-0.05, 0) is 33.6 Å². The van der Waals surface area contributed by atoms with Crippen LogP contribution in [0.25, 0.3) is 0 Å². The highest BCUT2D eigenvalue weighted by Crippen LogP contribution is 2.34. The molecule has 104 valence electrons. The van der Waals surface area contributed by atoms with Crippen LogP contribution in [0, 0.1) is 11.8 Å². The third-order valence-electron chi connectivity index (χ3n) is 3.41. The second-order valence-electron chi connectivity index (χ2n) is 6.22. The zero-order chi connectivity index (χ0) is 14.2. The predicted molar refractivity (Wildman–Crippen MR) is 70.0 cm³/mol. The average Bonchev–Trinajstić information content (AvgIpc) is 2.53. The van der Waals surface area contributed by atoms with Crippen LogP contribution < -0.4 is 5.32 Å². The molecule has 1 aliphatic heterocycles. The summed E-state index contributed by atoms with van der Waals surface area (Å²) in [6, 6.07) is 0. The Hall–Kier alpha value is -1.65. The molecule has 1 fully saturated rings. The fourth-order valence-electron chi connectivity index (χ4n) is 2.63. The summed E-state index contributed by atoms with van der Waals surface area (Å²) in [6.07, 6.45) is 5.08. The van der Waals surface area contributed by atoms with Gasteiger partial charge in [-0.25, -0.2) is 0 Å². The molecule has 1 N–H and O–H groups in total. The van der Waals surface area contributed by atoms with Crippen molar-refractivity contribution in [3.8, 4) is 0 Å². The molecule has 1 heterocycles. The largest absolute Gasteiger partial charge is 0.350 e. The van der Waals surface area contributed by atoms with E-state index in [1.807, 2.05) is 32.9 Å². The molecule has 0 aromatic carbocycles. The van der Waals surface area contributed by atoms with Crippen molar-refractivity contribution < 1.29 is 14.4 Å². The van der Waals surface area contributed by atoms with E-state index in [1.165, 1.54) is 0 Å². The number of hydrogen-bond acceptors (Lipinski definition) is 3. The molecule has 3 amide bonds. The van der Waals surface area contributed by atoms with Crippen LogP contribution in [0.5, 0.6) is 0 Å². The predicted octanol–water partition coefficient (Wildman–Crippen LogP) is 0.852. The number of carbonyl (C=O) groups excluding carboxylic acids is 3. The first kappa shape index (κ1) is 13.8. The van der Waals surface area contributed by atoms with Gasteiger partial charge in [0.15, 0.2) is 0 Å². The Labute approximate surface area is 113 Å². The Bertz CT molecular complexity index is 422. The summed E-state index contributed by atoms with van der Waals surface area (Å²) in [7, 11) is 0. The normalized spacial score (nSPS) is 26.6. The van der Waals surface area contributed by atoms with Crippen molar-refractivity contribution in [2.24, 2.45) is 11.8 Å². The van der Waals surface area contributed by atoms with Gasteiger partial charge < -0.3 is 5.32 Å². The smallest absolute Gasteiger partial charge is 0.240 e. The fraction of sp³-hybridized carbons (Fsp3) is 0.643. The monoisotopic (exact) mass is 264 g/mol. The molecule has 0 saturated carbocycles. The molecule has 1 aliphatic carbocycles. The van der Waals surface area contributed by atoms with Crippen LogP contribution in [0.4, 0.5) is 0 Å². The minimum absolute atomic E-state index is 0.165. The molecule has 0 spiro atoms. The summed E-state index contributed by atoms with van der Waals surface area (Å²) < 4.78 is 0. The number of imide groups is 1. The number of carbonyl (C=O) groups is 3. The number of amides is 3. The van der Waals surface area contributed by atoms with Gasteiger partial charge in [-0.2, -0.15) is 0 Å². The number of hydrogen-bond donors (Lipinski definition) is 1. The van der Waals surface area contributed by atoms with Crippen LogP contribution in [0.1, 0.15) is 33.6 Å². The first-order valence-corrected chi connectivity index (χ1v) is 6.61. The summed E-state index contributed by atoms with van der Waals surface area (Å²) in [5.41, 5.74) is -0.364. The standard InChI is InChI=1S/C14H20N2O3/c1-14(2,3)15-11(17)8-16-12(18)9-6-4-5-7-10(9)13(16)19/h4-5,9-10H,6-8H2,1-3H3,(H,15,17)/t9-,10+. The van der Waals surface area contributed by atoms with Crippen LogP contribution in [-0.2, 0) is 14.4 Å². The fourth-order valence-corrected chi connectivity index (χ4v) is 2.63. The maximum absolute atomic E-state index is 12.1. The molecule has 0 aromatic rings. The van der Waals surface area contributed by atoms with E-state index in [1.54, 1.807) is 0 Å². The van der Waals surface area contributed by atoms with Crippen LogP contribution >= 0.6 is 0 Å². The summed E-state index contributed by atoms with van der Waals surface area (Å²) in [6.45, 7) is 5.43. The Morgan fingerprint density at radius 1 is 1.21 bits per heavy atom. The lowest BCUT2D eigenvalue weighted by atomic mass is 9.85. The Morgan fingerprint density at radius 2 is 1.68 bits per heavy atom. The number of nitrogens with one attached hydrogen (secondary N) is 1. The van der Waals surface area contributed by atoms with Gasteiger partial charge in [0.05, 0.1) is 11.8 Å². The van der Waals surface area contributed by atoms with Gasteiger partial charge >= 0.3 is 0 Å². The van der Waals surface area contributed by atoms with Crippen molar-refractivity contribution in [1.29, 1.82) is 0 Å². The minimum atomic E-state index is -0.364. The molecule has 0 unspecified atom stereocenters. The summed E-state index contributed by atoms with van der Waals surface area (Å²) in [5.74, 6) is -1.23. The van der Waals surface area contributed by atoms with Gasteiger partial charge in [-0.1, -0.05) is 12.2 Å². The van der Waals surface area contributed by atoms with Crippen molar-refractivity contribution in [2.45, 2.75) is 39.2 Å². The maximum Gasteiger partial charge on any atom is 0.240 e.